The molecule has 1 saturated heterocycles. The minimum absolute atomic E-state index is 0.0701. The Morgan fingerprint density at radius 1 is 1.77 bits per heavy atom. The van der Waals surface area contributed by atoms with Crippen molar-refractivity contribution in [3.63, 3.8) is 0 Å². The first kappa shape index (κ1) is 10.1. The van der Waals surface area contributed by atoms with Gasteiger partial charge in [-0.05, 0) is 6.92 Å². The number of rotatable bonds is 3. The molecule has 1 unspecified atom stereocenters. The fourth-order valence-corrected chi connectivity index (χ4v) is 1.11. The van der Waals surface area contributed by atoms with Crippen molar-refractivity contribution in [3.05, 3.63) is 11.8 Å². The van der Waals surface area contributed by atoms with Crippen LogP contribution in [-0.4, -0.2) is 32.4 Å². The van der Waals surface area contributed by atoms with Gasteiger partial charge >= 0.3 is 5.97 Å². The lowest BCUT2D eigenvalue weighted by Crippen LogP contribution is -2.07. The molecule has 1 rings (SSSR count). The molecule has 0 radical (unpaired) electrons. The molecule has 4 nitrogen and oxygen atoms in total. The molecule has 74 valence electrons. The summed E-state index contributed by atoms with van der Waals surface area (Å²) in [5.41, 5.74) is 0. The van der Waals surface area contributed by atoms with E-state index in [4.69, 9.17) is 14.2 Å². The summed E-state index contributed by atoms with van der Waals surface area (Å²) in [7, 11) is 1.63. The van der Waals surface area contributed by atoms with Crippen molar-refractivity contribution in [1.29, 1.82) is 0 Å². The number of hydrogen-bond donors (Lipinski definition) is 0. The van der Waals surface area contributed by atoms with Crippen molar-refractivity contribution in [2.45, 2.75) is 19.4 Å². The van der Waals surface area contributed by atoms with E-state index in [1.54, 1.807) is 14.0 Å². The van der Waals surface area contributed by atoms with Crippen molar-refractivity contribution in [3.8, 4) is 0 Å². The molecule has 1 atom stereocenters. The summed E-state index contributed by atoms with van der Waals surface area (Å²) in [6, 6.07) is 0. The normalized spacial score (nSPS) is 24.5. The zero-order valence-corrected chi connectivity index (χ0v) is 7.91. The highest BCUT2D eigenvalue weighted by Crippen LogP contribution is 2.18. The second-order valence-corrected chi connectivity index (χ2v) is 2.74. The van der Waals surface area contributed by atoms with Gasteiger partial charge in [-0.25, -0.2) is 4.79 Å². The van der Waals surface area contributed by atoms with E-state index >= 15 is 0 Å². The minimum atomic E-state index is -0.353. The fraction of sp³-hybridized carbons (Fsp3) is 0.667. The van der Waals surface area contributed by atoms with Crippen molar-refractivity contribution in [2.75, 3.05) is 20.3 Å². The third-order valence-electron chi connectivity index (χ3n) is 1.78. The summed E-state index contributed by atoms with van der Waals surface area (Å²) >= 11 is 0. The number of ether oxygens (including phenoxy) is 3. The monoisotopic (exact) mass is 186 g/mol. The molecule has 0 spiro atoms. The van der Waals surface area contributed by atoms with Crippen LogP contribution >= 0.6 is 0 Å². The Kier molecular flexibility index (Phi) is 3.76. The molecule has 0 amide bonds. The Morgan fingerprint density at radius 2 is 2.54 bits per heavy atom. The largest absolute Gasteiger partial charge is 0.495 e. The topological polar surface area (TPSA) is 44.8 Å². The summed E-state index contributed by atoms with van der Waals surface area (Å²) in [4.78, 5) is 11.0. The second kappa shape index (κ2) is 4.87. The standard InChI is InChI=1S/C9H14O4/c1-3-12-9(10)5-7-4-8(11-2)6-13-7/h5,8H,3-4,6H2,1-2H3/b7-5+. The molecule has 0 bridgehead atoms. The van der Waals surface area contributed by atoms with Crippen molar-refractivity contribution < 1.29 is 19.0 Å². The SMILES string of the molecule is CCOC(=O)/C=C1\CC(OC)CO1. The first-order chi connectivity index (χ1) is 6.26. The molecule has 1 heterocycles. The molecule has 1 aliphatic heterocycles. The molecule has 0 aromatic carbocycles. The van der Waals surface area contributed by atoms with Gasteiger partial charge in [0.1, 0.15) is 12.4 Å². The van der Waals surface area contributed by atoms with E-state index in [-0.39, 0.29) is 12.1 Å². The Labute approximate surface area is 77.5 Å². The van der Waals surface area contributed by atoms with E-state index < -0.39 is 0 Å². The summed E-state index contributed by atoms with van der Waals surface area (Å²) in [6.07, 6.45) is 2.10. The quantitative estimate of drug-likeness (QED) is 0.484. The highest BCUT2D eigenvalue weighted by atomic mass is 16.5. The lowest BCUT2D eigenvalue weighted by molar-refractivity contribution is -0.137. The van der Waals surface area contributed by atoms with Crippen LogP contribution in [0.5, 0.6) is 0 Å². The predicted molar refractivity (Wildman–Crippen MR) is 46.1 cm³/mol. The van der Waals surface area contributed by atoms with Crippen LogP contribution in [0.2, 0.25) is 0 Å². The highest BCUT2D eigenvalue weighted by molar-refractivity contribution is 5.82. The molecule has 0 aromatic heterocycles. The van der Waals surface area contributed by atoms with Crippen LogP contribution in [0, 0.1) is 0 Å². The van der Waals surface area contributed by atoms with Crippen LogP contribution in [0.3, 0.4) is 0 Å². The summed E-state index contributed by atoms with van der Waals surface area (Å²) in [5, 5.41) is 0. The van der Waals surface area contributed by atoms with E-state index in [9.17, 15) is 4.79 Å². The molecule has 1 fully saturated rings. The molecule has 0 aromatic rings. The maximum absolute atomic E-state index is 11.0. The van der Waals surface area contributed by atoms with Crippen LogP contribution in [0.25, 0.3) is 0 Å². The summed E-state index contributed by atoms with van der Waals surface area (Å²) < 4.78 is 15.0. The second-order valence-electron chi connectivity index (χ2n) is 2.74. The van der Waals surface area contributed by atoms with Gasteiger partial charge in [-0.1, -0.05) is 0 Å². The van der Waals surface area contributed by atoms with Crippen LogP contribution in [0.4, 0.5) is 0 Å². The average molecular weight is 186 g/mol. The van der Waals surface area contributed by atoms with E-state index in [1.807, 2.05) is 0 Å². The van der Waals surface area contributed by atoms with Gasteiger partial charge in [0.05, 0.1) is 18.8 Å². The molecular formula is C9H14O4. The maximum atomic E-state index is 11.0. The van der Waals surface area contributed by atoms with E-state index in [2.05, 4.69) is 0 Å². The Bertz CT molecular complexity index is 210. The van der Waals surface area contributed by atoms with Crippen molar-refractivity contribution in [2.24, 2.45) is 0 Å². The summed E-state index contributed by atoms with van der Waals surface area (Å²) in [5.74, 6) is 0.291. The lowest BCUT2D eigenvalue weighted by Gasteiger charge is -1.99. The fourth-order valence-electron chi connectivity index (χ4n) is 1.11. The third kappa shape index (κ3) is 3.06. The van der Waals surface area contributed by atoms with Crippen molar-refractivity contribution in [1.82, 2.24) is 0 Å². The van der Waals surface area contributed by atoms with Crippen LogP contribution in [-0.2, 0) is 19.0 Å². The van der Waals surface area contributed by atoms with Crippen LogP contribution < -0.4 is 0 Å². The Balaban J connectivity index is 2.40. The molecule has 4 heteroatoms. The minimum Gasteiger partial charge on any atom is -0.495 e. The third-order valence-corrected chi connectivity index (χ3v) is 1.78. The van der Waals surface area contributed by atoms with Gasteiger partial charge in [-0.3, -0.25) is 0 Å². The first-order valence-electron chi connectivity index (χ1n) is 4.29. The average Bonchev–Trinajstić information content (AvgIpc) is 2.52. The molecular weight excluding hydrogens is 172 g/mol. The maximum Gasteiger partial charge on any atom is 0.334 e. The van der Waals surface area contributed by atoms with Gasteiger partial charge < -0.3 is 14.2 Å². The number of esters is 1. The van der Waals surface area contributed by atoms with Gasteiger partial charge in [0.25, 0.3) is 0 Å². The van der Waals surface area contributed by atoms with Crippen molar-refractivity contribution >= 4 is 5.97 Å². The predicted octanol–water partition coefficient (Wildman–Crippen LogP) is 0.869. The van der Waals surface area contributed by atoms with Gasteiger partial charge in [0, 0.05) is 13.5 Å². The number of hydrogen-bond acceptors (Lipinski definition) is 4. The lowest BCUT2D eigenvalue weighted by atomic mass is 10.2. The Hall–Kier alpha value is -1.03. The number of methoxy groups -OCH3 is 1. The van der Waals surface area contributed by atoms with Crippen LogP contribution in [0.15, 0.2) is 11.8 Å². The van der Waals surface area contributed by atoms with Crippen LogP contribution in [0.1, 0.15) is 13.3 Å². The molecule has 0 aliphatic carbocycles. The molecule has 0 saturated carbocycles. The van der Waals surface area contributed by atoms with Gasteiger partial charge in [-0.2, -0.15) is 0 Å². The smallest absolute Gasteiger partial charge is 0.334 e. The highest BCUT2D eigenvalue weighted by Gasteiger charge is 2.20. The number of carbonyl (C=O) groups is 1. The molecule has 0 N–H and O–H groups in total. The zero-order chi connectivity index (χ0) is 9.68. The first-order valence-corrected chi connectivity index (χ1v) is 4.29. The molecule has 13 heavy (non-hydrogen) atoms. The summed E-state index contributed by atoms with van der Waals surface area (Å²) in [6.45, 7) is 2.67. The Morgan fingerprint density at radius 3 is 3.08 bits per heavy atom. The van der Waals surface area contributed by atoms with Gasteiger partial charge in [-0.15, -0.1) is 0 Å². The molecule has 1 aliphatic rings. The van der Waals surface area contributed by atoms with E-state index in [1.165, 1.54) is 6.08 Å². The number of carbonyl (C=O) groups excluding carboxylic acids is 1. The zero-order valence-electron chi connectivity index (χ0n) is 7.91. The van der Waals surface area contributed by atoms with E-state index in [0.717, 1.165) is 0 Å². The van der Waals surface area contributed by atoms with Gasteiger partial charge in [0.2, 0.25) is 0 Å². The van der Waals surface area contributed by atoms with E-state index in [0.29, 0.717) is 25.4 Å². The van der Waals surface area contributed by atoms with Gasteiger partial charge in [0.15, 0.2) is 0 Å².